The quantitative estimate of drug-likeness (QED) is 0.613. The molecule has 0 spiro atoms. The number of aromatic nitrogens is 1. The third-order valence-corrected chi connectivity index (χ3v) is 6.80. The van der Waals surface area contributed by atoms with Gasteiger partial charge in [-0.25, -0.2) is 26.6 Å². The summed E-state index contributed by atoms with van der Waals surface area (Å²) >= 11 is 0. The van der Waals surface area contributed by atoms with Gasteiger partial charge in [-0.2, -0.15) is 4.31 Å². The summed E-state index contributed by atoms with van der Waals surface area (Å²) in [5, 5.41) is 0. The van der Waals surface area contributed by atoms with Crippen molar-refractivity contribution >= 4 is 10.0 Å². The Morgan fingerprint density at radius 3 is 2.30 bits per heavy atom. The predicted octanol–water partition coefficient (Wildman–Crippen LogP) is 3.27. The van der Waals surface area contributed by atoms with Gasteiger partial charge in [0.1, 0.15) is 5.82 Å². The molecule has 0 radical (unpaired) electrons. The van der Waals surface area contributed by atoms with Gasteiger partial charge >= 0.3 is 0 Å². The molecule has 10 heteroatoms. The highest BCUT2D eigenvalue weighted by Gasteiger charge is 2.29. The van der Waals surface area contributed by atoms with E-state index in [0.717, 1.165) is 12.1 Å². The monoisotopic (exact) mass is 437 g/mol. The van der Waals surface area contributed by atoms with Crippen molar-refractivity contribution in [3.63, 3.8) is 0 Å². The SMILES string of the molecule is O=S(=O)(c1ccc(F)c(F)c1)N1CCN(Cc2ncc(-c3ccc(F)cc3)o2)CC1. The first kappa shape index (κ1) is 20.6. The van der Waals surface area contributed by atoms with E-state index in [9.17, 15) is 21.6 Å². The summed E-state index contributed by atoms with van der Waals surface area (Å²) in [7, 11) is -3.90. The van der Waals surface area contributed by atoms with Crippen molar-refractivity contribution in [1.29, 1.82) is 0 Å². The van der Waals surface area contributed by atoms with Crippen LogP contribution in [-0.4, -0.2) is 48.8 Å². The predicted molar refractivity (Wildman–Crippen MR) is 102 cm³/mol. The number of piperazine rings is 1. The fourth-order valence-electron chi connectivity index (χ4n) is 3.24. The molecule has 0 N–H and O–H groups in total. The van der Waals surface area contributed by atoms with E-state index in [-0.39, 0.29) is 23.8 Å². The van der Waals surface area contributed by atoms with Crippen molar-refractivity contribution in [3.05, 3.63) is 72.0 Å². The van der Waals surface area contributed by atoms with Crippen LogP contribution in [-0.2, 0) is 16.6 Å². The van der Waals surface area contributed by atoms with Crippen molar-refractivity contribution in [2.75, 3.05) is 26.2 Å². The molecule has 158 valence electrons. The van der Waals surface area contributed by atoms with E-state index in [1.54, 1.807) is 18.3 Å². The van der Waals surface area contributed by atoms with Gasteiger partial charge < -0.3 is 4.42 Å². The summed E-state index contributed by atoms with van der Waals surface area (Å²) in [6.07, 6.45) is 1.56. The van der Waals surface area contributed by atoms with Crippen LogP contribution in [0.2, 0.25) is 0 Å². The summed E-state index contributed by atoms with van der Waals surface area (Å²) in [6, 6.07) is 8.43. The minimum Gasteiger partial charge on any atom is -0.439 e. The zero-order valence-corrected chi connectivity index (χ0v) is 16.6. The van der Waals surface area contributed by atoms with E-state index in [1.807, 2.05) is 4.90 Å². The Labute approximate surface area is 171 Å². The fourth-order valence-corrected chi connectivity index (χ4v) is 4.67. The Hall–Kier alpha value is -2.69. The van der Waals surface area contributed by atoms with Gasteiger partial charge in [0, 0.05) is 31.7 Å². The van der Waals surface area contributed by atoms with Crippen LogP contribution in [0.4, 0.5) is 13.2 Å². The Kier molecular flexibility index (Phi) is 5.63. The number of hydrogen-bond donors (Lipinski definition) is 0. The molecule has 1 saturated heterocycles. The van der Waals surface area contributed by atoms with Crippen LogP contribution in [0.3, 0.4) is 0 Å². The van der Waals surface area contributed by atoms with Gasteiger partial charge in [0.05, 0.1) is 17.6 Å². The molecule has 0 bridgehead atoms. The first-order valence-corrected chi connectivity index (χ1v) is 10.6. The number of oxazole rings is 1. The molecular formula is C20H18F3N3O3S. The van der Waals surface area contributed by atoms with Gasteiger partial charge in [-0.05, 0) is 42.5 Å². The lowest BCUT2D eigenvalue weighted by Gasteiger charge is -2.33. The van der Waals surface area contributed by atoms with E-state index in [1.165, 1.54) is 16.4 Å². The van der Waals surface area contributed by atoms with Gasteiger partial charge in [-0.15, -0.1) is 0 Å². The van der Waals surface area contributed by atoms with E-state index in [2.05, 4.69) is 4.98 Å². The molecule has 0 unspecified atom stereocenters. The molecule has 1 aliphatic heterocycles. The van der Waals surface area contributed by atoms with Gasteiger partial charge in [-0.3, -0.25) is 4.90 Å². The normalized spacial score (nSPS) is 16.1. The second-order valence-corrected chi connectivity index (χ2v) is 8.82. The second-order valence-electron chi connectivity index (χ2n) is 6.88. The zero-order chi connectivity index (χ0) is 21.3. The van der Waals surface area contributed by atoms with Crippen LogP contribution < -0.4 is 0 Å². The molecule has 30 heavy (non-hydrogen) atoms. The molecule has 1 aromatic heterocycles. The number of benzene rings is 2. The lowest BCUT2D eigenvalue weighted by molar-refractivity contribution is 0.168. The lowest BCUT2D eigenvalue weighted by Crippen LogP contribution is -2.48. The molecule has 2 heterocycles. The van der Waals surface area contributed by atoms with Crippen LogP contribution in [0.15, 0.2) is 58.0 Å². The maximum absolute atomic E-state index is 13.4. The van der Waals surface area contributed by atoms with Gasteiger partial charge in [0.25, 0.3) is 0 Å². The molecular weight excluding hydrogens is 419 g/mol. The number of rotatable bonds is 5. The van der Waals surface area contributed by atoms with Crippen molar-refractivity contribution in [2.24, 2.45) is 0 Å². The van der Waals surface area contributed by atoms with Crippen LogP contribution >= 0.6 is 0 Å². The van der Waals surface area contributed by atoms with Crippen molar-refractivity contribution in [3.8, 4) is 11.3 Å². The number of nitrogens with zero attached hydrogens (tertiary/aromatic N) is 3. The number of hydrogen-bond acceptors (Lipinski definition) is 5. The maximum atomic E-state index is 13.4. The highest BCUT2D eigenvalue weighted by molar-refractivity contribution is 7.89. The van der Waals surface area contributed by atoms with Crippen LogP contribution in [0.5, 0.6) is 0 Å². The van der Waals surface area contributed by atoms with Crippen LogP contribution in [0, 0.1) is 17.5 Å². The molecule has 0 aliphatic carbocycles. The molecule has 3 aromatic rings. The molecule has 4 rings (SSSR count). The second kappa shape index (κ2) is 8.21. The molecule has 6 nitrogen and oxygen atoms in total. The van der Waals surface area contributed by atoms with Gasteiger partial charge in [0.15, 0.2) is 17.4 Å². The average Bonchev–Trinajstić information content (AvgIpc) is 3.19. The Balaban J connectivity index is 1.38. The third kappa shape index (κ3) is 4.25. The molecule has 0 atom stereocenters. The third-order valence-electron chi connectivity index (χ3n) is 4.90. The maximum Gasteiger partial charge on any atom is 0.243 e. The van der Waals surface area contributed by atoms with Crippen molar-refractivity contribution in [2.45, 2.75) is 11.4 Å². The van der Waals surface area contributed by atoms with Crippen LogP contribution in [0.25, 0.3) is 11.3 Å². The first-order chi connectivity index (χ1) is 14.3. The highest BCUT2D eigenvalue weighted by atomic mass is 32.2. The number of halogens is 3. The standard InChI is InChI=1S/C20H18F3N3O3S/c21-15-3-1-14(2-4-15)19-12-24-20(29-19)13-25-7-9-26(10-8-25)30(27,28)16-5-6-17(22)18(23)11-16/h1-6,11-12H,7-10,13H2. The topological polar surface area (TPSA) is 66.7 Å². The van der Waals surface area contributed by atoms with E-state index in [0.29, 0.717) is 42.9 Å². The van der Waals surface area contributed by atoms with E-state index in [4.69, 9.17) is 4.42 Å². The molecule has 0 saturated carbocycles. The summed E-state index contributed by atoms with van der Waals surface area (Å²) in [6.45, 7) is 1.65. The molecule has 2 aromatic carbocycles. The summed E-state index contributed by atoms with van der Waals surface area (Å²) < 4.78 is 71.8. The average molecular weight is 437 g/mol. The number of sulfonamides is 1. The Bertz CT molecular complexity index is 1140. The smallest absolute Gasteiger partial charge is 0.243 e. The largest absolute Gasteiger partial charge is 0.439 e. The summed E-state index contributed by atoms with van der Waals surface area (Å²) in [5.74, 6) is -1.65. The lowest BCUT2D eigenvalue weighted by atomic mass is 10.2. The van der Waals surface area contributed by atoms with Gasteiger partial charge in [0.2, 0.25) is 15.9 Å². The van der Waals surface area contributed by atoms with Crippen molar-refractivity contribution in [1.82, 2.24) is 14.2 Å². The van der Waals surface area contributed by atoms with Crippen molar-refractivity contribution < 1.29 is 26.0 Å². The van der Waals surface area contributed by atoms with Crippen LogP contribution in [0.1, 0.15) is 5.89 Å². The highest BCUT2D eigenvalue weighted by Crippen LogP contribution is 2.23. The first-order valence-electron chi connectivity index (χ1n) is 9.21. The van der Waals surface area contributed by atoms with E-state index < -0.39 is 21.7 Å². The zero-order valence-electron chi connectivity index (χ0n) is 15.8. The fraction of sp³-hybridized carbons (Fsp3) is 0.250. The summed E-state index contributed by atoms with van der Waals surface area (Å²) in [4.78, 5) is 5.94. The minimum atomic E-state index is -3.90. The summed E-state index contributed by atoms with van der Waals surface area (Å²) in [5.41, 5.74) is 0.706. The Morgan fingerprint density at radius 2 is 1.63 bits per heavy atom. The molecule has 0 amide bonds. The van der Waals surface area contributed by atoms with Gasteiger partial charge in [-0.1, -0.05) is 0 Å². The molecule has 1 aliphatic rings. The molecule has 1 fully saturated rings. The minimum absolute atomic E-state index is 0.201. The Morgan fingerprint density at radius 1 is 0.933 bits per heavy atom. The van der Waals surface area contributed by atoms with E-state index >= 15 is 0 Å².